The summed E-state index contributed by atoms with van der Waals surface area (Å²) >= 11 is 1.80. The Morgan fingerprint density at radius 3 is 2.89 bits per heavy atom. The molecule has 1 N–H and O–H groups in total. The Kier molecular flexibility index (Phi) is 4.90. The van der Waals surface area contributed by atoms with Crippen LogP contribution < -0.4 is 5.32 Å². The van der Waals surface area contributed by atoms with Crippen molar-refractivity contribution < 1.29 is 9.21 Å². The standard InChI is InChI=1S/C21H21N3O2S/c1-14-7-8-17(11-18(14)20-22-15(2)13-26-20)23-21(25)24-9-10-27-19-6-4-3-5-16(19)12-24/h3-8,11,13H,9-10,12H2,1-2H3,(H,23,25). The fourth-order valence-electron chi connectivity index (χ4n) is 3.11. The zero-order valence-corrected chi connectivity index (χ0v) is 16.2. The molecule has 0 aliphatic carbocycles. The smallest absolute Gasteiger partial charge is 0.322 e. The minimum atomic E-state index is -0.0920. The van der Waals surface area contributed by atoms with Crippen molar-refractivity contribution in [1.82, 2.24) is 9.88 Å². The molecule has 0 saturated heterocycles. The highest BCUT2D eigenvalue weighted by Gasteiger charge is 2.19. The lowest BCUT2D eigenvalue weighted by molar-refractivity contribution is 0.212. The van der Waals surface area contributed by atoms with Crippen molar-refractivity contribution in [2.75, 3.05) is 17.6 Å². The van der Waals surface area contributed by atoms with Crippen LogP contribution in [0.15, 0.2) is 58.0 Å². The topological polar surface area (TPSA) is 58.4 Å². The number of carbonyl (C=O) groups excluding carboxylic acids is 1. The van der Waals surface area contributed by atoms with Crippen LogP contribution in [0.3, 0.4) is 0 Å². The van der Waals surface area contributed by atoms with Crippen molar-refractivity contribution in [2.24, 2.45) is 0 Å². The van der Waals surface area contributed by atoms with E-state index in [9.17, 15) is 4.79 Å². The highest BCUT2D eigenvalue weighted by molar-refractivity contribution is 7.99. The number of carbonyl (C=O) groups is 1. The normalized spacial score (nSPS) is 13.8. The Bertz CT molecular complexity index is 983. The fraction of sp³-hybridized carbons (Fsp3) is 0.238. The first-order chi connectivity index (χ1) is 13.1. The lowest BCUT2D eigenvalue weighted by Gasteiger charge is -2.21. The van der Waals surface area contributed by atoms with Gasteiger partial charge in [0.2, 0.25) is 5.89 Å². The Morgan fingerprint density at radius 1 is 1.22 bits per heavy atom. The first kappa shape index (κ1) is 17.7. The van der Waals surface area contributed by atoms with Gasteiger partial charge in [-0.2, -0.15) is 0 Å². The minimum absolute atomic E-state index is 0.0920. The van der Waals surface area contributed by atoms with E-state index in [0.717, 1.165) is 28.3 Å². The van der Waals surface area contributed by atoms with Crippen LogP contribution in [0, 0.1) is 13.8 Å². The molecule has 1 aliphatic heterocycles. The highest BCUT2D eigenvalue weighted by Crippen LogP contribution is 2.29. The van der Waals surface area contributed by atoms with Crippen molar-refractivity contribution in [3.05, 3.63) is 65.5 Å². The zero-order chi connectivity index (χ0) is 18.8. The van der Waals surface area contributed by atoms with E-state index in [1.165, 1.54) is 10.5 Å². The first-order valence-corrected chi connectivity index (χ1v) is 9.88. The van der Waals surface area contributed by atoms with E-state index in [1.807, 2.05) is 49.1 Å². The average molecular weight is 379 g/mol. The van der Waals surface area contributed by atoms with Gasteiger partial charge >= 0.3 is 6.03 Å². The molecule has 0 spiro atoms. The summed E-state index contributed by atoms with van der Waals surface area (Å²) in [5, 5.41) is 3.02. The number of aryl methyl sites for hydroxylation is 2. The predicted octanol–water partition coefficient (Wildman–Crippen LogP) is 5.10. The van der Waals surface area contributed by atoms with E-state index in [0.29, 0.717) is 19.0 Å². The highest BCUT2D eigenvalue weighted by atomic mass is 32.2. The molecule has 6 heteroatoms. The second-order valence-corrected chi connectivity index (χ2v) is 7.77. The number of urea groups is 1. The van der Waals surface area contributed by atoms with Gasteiger partial charge in [-0.1, -0.05) is 24.3 Å². The van der Waals surface area contributed by atoms with E-state index < -0.39 is 0 Å². The molecule has 1 aromatic heterocycles. The van der Waals surface area contributed by atoms with Gasteiger partial charge in [0.25, 0.3) is 0 Å². The molecule has 1 aliphatic rings. The van der Waals surface area contributed by atoms with Crippen LogP contribution in [0.5, 0.6) is 0 Å². The summed E-state index contributed by atoms with van der Waals surface area (Å²) in [6, 6.07) is 14.0. The van der Waals surface area contributed by atoms with Gasteiger partial charge in [0.1, 0.15) is 6.26 Å². The summed E-state index contributed by atoms with van der Waals surface area (Å²) in [4.78, 5) is 20.3. The Hall–Kier alpha value is -2.73. The van der Waals surface area contributed by atoms with Crippen molar-refractivity contribution in [2.45, 2.75) is 25.3 Å². The molecule has 0 bridgehead atoms. The predicted molar refractivity (Wildman–Crippen MR) is 108 cm³/mol. The summed E-state index contributed by atoms with van der Waals surface area (Å²) in [6.45, 7) is 5.22. The number of amides is 2. The number of rotatable bonds is 2. The number of thioether (sulfide) groups is 1. The summed E-state index contributed by atoms with van der Waals surface area (Å²) in [6.07, 6.45) is 1.63. The maximum absolute atomic E-state index is 12.8. The third kappa shape index (κ3) is 3.85. The fourth-order valence-corrected chi connectivity index (χ4v) is 4.13. The maximum Gasteiger partial charge on any atom is 0.322 e. The lowest BCUT2D eigenvalue weighted by atomic mass is 10.1. The van der Waals surface area contributed by atoms with Crippen molar-refractivity contribution in [3.63, 3.8) is 0 Å². The molecule has 5 nitrogen and oxygen atoms in total. The summed E-state index contributed by atoms with van der Waals surface area (Å²) in [5.41, 5.74) is 4.70. The summed E-state index contributed by atoms with van der Waals surface area (Å²) < 4.78 is 5.53. The number of hydrogen-bond acceptors (Lipinski definition) is 4. The third-order valence-corrected chi connectivity index (χ3v) is 5.67. The largest absolute Gasteiger partial charge is 0.444 e. The van der Waals surface area contributed by atoms with Crippen LogP contribution in [0.4, 0.5) is 10.5 Å². The molecule has 0 unspecified atom stereocenters. The number of aromatic nitrogens is 1. The van der Waals surface area contributed by atoms with Gasteiger partial charge < -0.3 is 14.6 Å². The van der Waals surface area contributed by atoms with Crippen molar-refractivity contribution in [3.8, 4) is 11.5 Å². The van der Waals surface area contributed by atoms with E-state index in [2.05, 4.69) is 22.4 Å². The Labute approximate surface area is 162 Å². The molecule has 2 aromatic carbocycles. The van der Waals surface area contributed by atoms with Gasteiger partial charge in [0.15, 0.2) is 0 Å². The van der Waals surface area contributed by atoms with Crippen LogP contribution >= 0.6 is 11.8 Å². The van der Waals surface area contributed by atoms with Crippen LogP contribution in [0.25, 0.3) is 11.5 Å². The van der Waals surface area contributed by atoms with E-state index in [1.54, 1.807) is 18.0 Å². The molecule has 3 aromatic rings. The van der Waals surface area contributed by atoms with E-state index in [-0.39, 0.29) is 6.03 Å². The third-order valence-electron chi connectivity index (χ3n) is 4.58. The molecule has 2 heterocycles. The number of benzene rings is 2. The van der Waals surface area contributed by atoms with Crippen LogP contribution in [0.1, 0.15) is 16.8 Å². The second-order valence-electron chi connectivity index (χ2n) is 6.63. The van der Waals surface area contributed by atoms with Gasteiger partial charge in [-0.05, 0) is 43.2 Å². The SMILES string of the molecule is Cc1coc(-c2cc(NC(=O)N3CCSc4ccccc4C3)ccc2C)n1. The maximum atomic E-state index is 12.8. The van der Waals surface area contributed by atoms with Gasteiger partial charge in [-0.15, -0.1) is 11.8 Å². The van der Waals surface area contributed by atoms with Gasteiger partial charge in [0.05, 0.1) is 5.69 Å². The molecular weight excluding hydrogens is 358 g/mol. The van der Waals surface area contributed by atoms with Gasteiger partial charge in [-0.25, -0.2) is 9.78 Å². The number of anilines is 1. The van der Waals surface area contributed by atoms with Crippen molar-refractivity contribution >= 4 is 23.5 Å². The minimum Gasteiger partial charge on any atom is -0.444 e. The quantitative estimate of drug-likeness (QED) is 0.673. The van der Waals surface area contributed by atoms with Gasteiger partial charge in [0, 0.05) is 35.0 Å². The molecule has 0 radical (unpaired) electrons. The summed E-state index contributed by atoms with van der Waals surface area (Å²) in [5.74, 6) is 1.46. The Morgan fingerprint density at radius 2 is 2.07 bits per heavy atom. The lowest BCUT2D eigenvalue weighted by Crippen LogP contribution is -2.35. The second kappa shape index (κ2) is 7.48. The number of nitrogens with one attached hydrogen (secondary N) is 1. The van der Waals surface area contributed by atoms with Crippen LogP contribution in [-0.4, -0.2) is 28.2 Å². The first-order valence-electron chi connectivity index (χ1n) is 8.90. The molecule has 0 atom stereocenters. The molecule has 27 heavy (non-hydrogen) atoms. The number of nitrogens with zero attached hydrogens (tertiary/aromatic N) is 2. The number of oxazole rings is 1. The van der Waals surface area contributed by atoms with E-state index >= 15 is 0 Å². The molecule has 2 amide bonds. The molecule has 0 fully saturated rings. The van der Waals surface area contributed by atoms with Crippen LogP contribution in [-0.2, 0) is 6.54 Å². The van der Waals surface area contributed by atoms with Crippen molar-refractivity contribution in [1.29, 1.82) is 0 Å². The van der Waals surface area contributed by atoms with Crippen LogP contribution in [0.2, 0.25) is 0 Å². The number of hydrogen-bond donors (Lipinski definition) is 1. The molecular formula is C21H21N3O2S. The van der Waals surface area contributed by atoms with E-state index in [4.69, 9.17) is 4.42 Å². The zero-order valence-electron chi connectivity index (χ0n) is 15.4. The average Bonchev–Trinajstić information content (AvgIpc) is 2.97. The summed E-state index contributed by atoms with van der Waals surface area (Å²) in [7, 11) is 0. The number of fused-ring (bicyclic) bond motifs is 1. The molecule has 0 saturated carbocycles. The monoisotopic (exact) mass is 379 g/mol. The molecule has 4 rings (SSSR count). The van der Waals surface area contributed by atoms with Gasteiger partial charge in [-0.3, -0.25) is 0 Å². The molecule has 138 valence electrons. The Balaban J connectivity index is 1.53.